The van der Waals surface area contributed by atoms with Crippen molar-refractivity contribution in [2.75, 3.05) is 39.8 Å². The number of hydrazine groups is 1. The summed E-state index contributed by atoms with van der Waals surface area (Å²) >= 11 is 5.97. The van der Waals surface area contributed by atoms with E-state index in [2.05, 4.69) is 34.6 Å². The first-order chi connectivity index (χ1) is 15.8. The Kier molecular flexibility index (Phi) is 8.94. The number of carbonyl (C=O) groups is 2. The van der Waals surface area contributed by atoms with E-state index >= 15 is 0 Å². The van der Waals surface area contributed by atoms with Gasteiger partial charge in [-0.2, -0.15) is 0 Å². The molecule has 2 amide bonds. The number of nitrogens with one attached hydrogen (secondary N) is 3. The Morgan fingerprint density at radius 1 is 1.15 bits per heavy atom. The molecular formula is C24H33ClN6O2. The van der Waals surface area contributed by atoms with E-state index in [-0.39, 0.29) is 11.8 Å². The van der Waals surface area contributed by atoms with Crippen molar-refractivity contribution in [3.05, 3.63) is 65.0 Å². The summed E-state index contributed by atoms with van der Waals surface area (Å²) in [5, 5.41) is 8.47. The van der Waals surface area contributed by atoms with Crippen LogP contribution in [0.1, 0.15) is 24.8 Å². The second kappa shape index (κ2) is 11.9. The van der Waals surface area contributed by atoms with E-state index in [9.17, 15) is 9.59 Å². The van der Waals surface area contributed by atoms with Gasteiger partial charge in [0.1, 0.15) is 6.04 Å². The Hall–Kier alpha value is -2.81. The molecule has 0 radical (unpaired) electrons. The minimum absolute atomic E-state index is 0.205. The smallest absolute Gasteiger partial charge is 0.256 e. The summed E-state index contributed by atoms with van der Waals surface area (Å²) in [5.41, 5.74) is 11.2. The van der Waals surface area contributed by atoms with Gasteiger partial charge < -0.3 is 21.3 Å². The van der Waals surface area contributed by atoms with Crippen LogP contribution < -0.4 is 21.8 Å². The zero-order chi connectivity index (χ0) is 23.8. The van der Waals surface area contributed by atoms with Crippen molar-refractivity contribution >= 4 is 29.0 Å². The van der Waals surface area contributed by atoms with E-state index in [1.54, 1.807) is 0 Å². The van der Waals surface area contributed by atoms with Crippen LogP contribution in [0, 0.1) is 0 Å². The molecule has 178 valence electrons. The van der Waals surface area contributed by atoms with Gasteiger partial charge in [0.05, 0.1) is 5.82 Å². The molecule has 1 fully saturated rings. The number of allylic oxidation sites excluding steroid dienone is 3. The van der Waals surface area contributed by atoms with E-state index < -0.39 is 6.04 Å². The minimum Gasteiger partial charge on any atom is -0.386 e. The zero-order valence-electron chi connectivity index (χ0n) is 19.1. The summed E-state index contributed by atoms with van der Waals surface area (Å²) in [5.74, 6) is -0.0525. The molecule has 1 unspecified atom stereocenters. The molecule has 1 heterocycles. The number of hydrogen-bond acceptors (Lipinski definition) is 6. The van der Waals surface area contributed by atoms with Gasteiger partial charge in [-0.05, 0) is 43.2 Å². The van der Waals surface area contributed by atoms with Crippen molar-refractivity contribution in [2.24, 2.45) is 5.73 Å². The van der Waals surface area contributed by atoms with Crippen LogP contribution >= 0.6 is 11.6 Å². The highest BCUT2D eigenvalue weighted by Crippen LogP contribution is 2.29. The molecule has 9 heteroatoms. The fourth-order valence-electron chi connectivity index (χ4n) is 3.77. The molecule has 0 saturated carbocycles. The number of benzene rings is 1. The molecule has 0 bridgehead atoms. The van der Waals surface area contributed by atoms with E-state index in [1.807, 2.05) is 41.4 Å². The number of hydrogen-bond donors (Lipinski definition) is 4. The number of piperazine rings is 1. The van der Waals surface area contributed by atoms with Gasteiger partial charge in [0, 0.05) is 49.7 Å². The van der Waals surface area contributed by atoms with Gasteiger partial charge in [-0.3, -0.25) is 15.0 Å². The van der Waals surface area contributed by atoms with Crippen LogP contribution in [0.25, 0.3) is 5.57 Å². The molecule has 1 atom stereocenters. The monoisotopic (exact) mass is 472 g/mol. The van der Waals surface area contributed by atoms with E-state index in [1.165, 1.54) is 0 Å². The Balaban J connectivity index is 1.57. The second-order valence-electron chi connectivity index (χ2n) is 8.45. The average molecular weight is 473 g/mol. The van der Waals surface area contributed by atoms with Crippen LogP contribution in [0.3, 0.4) is 0 Å². The lowest BCUT2D eigenvalue weighted by molar-refractivity contribution is -0.132. The third-order valence-electron chi connectivity index (χ3n) is 5.79. The van der Waals surface area contributed by atoms with E-state index in [0.29, 0.717) is 42.2 Å². The highest BCUT2D eigenvalue weighted by atomic mass is 35.5. The molecule has 0 aromatic heterocycles. The van der Waals surface area contributed by atoms with Crippen LogP contribution in [-0.4, -0.2) is 67.5 Å². The third-order valence-corrected chi connectivity index (χ3v) is 6.04. The molecule has 8 nitrogen and oxygen atoms in total. The number of amides is 2. The molecule has 33 heavy (non-hydrogen) atoms. The molecule has 3 rings (SSSR count). The van der Waals surface area contributed by atoms with Crippen LogP contribution in [0.5, 0.6) is 0 Å². The third kappa shape index (κ3) is 7.63. The Morgan fingerprint density at radius 2 is 1.85 bits per heavy atom. The second-order valence-corrected chi connectivity index (χ2v) is 8.89. The van der Waals surface area contributed by atoms with Gasteiger partial charge >= 0.3 is 0 Å². The normalized spacial score (nSPS) is 17.6. The largest absolute Gasteiger partial charge is 0.386 e. The van der Waals surface area contributed by atoms with Crippen molar-refractivity contribution < 1.29 is 9.59 Å². The first-order valence-electron chi connectivity index (χ1n) is 11.2. The van der Waals surface area contributed by atoms with Gasteiger partial charge in [0.15, 0.2) is 0 Å². The summed E-state index contributed by atoms with van der Waals surface area (Å²) in [6, 6.07) is 6.89. The number of carbonyl (C=O) groups excluding carboxylic acids is 2. The average Bonchev–Trinajstić information content (AvgIpc) is 3.28. The summed E-state index contributed by atoms with van der Waals surface area (Å²) in [4.78, 5) is 28.2. The molecular weight excluding hydrogens is 440 g/mol. The predicted octanol–water partition coefficient (Wildman–Crippen LogP) is 1.62. The van der Waals surface area contributed by atoms with Gasteiger partial charge in [-0.1, -0.05) is 42.5 Å². The number of nitrogens with zero attached hydrogens (tertiary/aromatic N) is 2. The Bertz CT molecular complexity index is 919. The van der Waals surface area contributed by atoms with Crippen molar-refractivity contribution in [1.82, 2.24) is 26.0 Å². The first-order valence-corrected chi connectivity index (χ1v) is 11.6. The molecule has 0 spiro atoms. The van der Waals surface area contributed by atoms with Crippen LogP contribution in [0.4, 0.5) is 0 Å². The van der Waals surface area contributed by atoms with Crippen LogP contribution in [-0.2, 0) is 9.59 Å². The summed E-state index contributed by atoms with van der Waals surface area (Å²) < 4.78 is 0. The lowest BCUT2D eigenvalue weighted by Crippen LogP contribution is -2.57. The van der Waals surface area contributed by atoms with Crippen molar-refractivity contribution in [2.45, 2.75) is 25.3 Å². The lowest BCUT2D eigenvalue weighted by atomic mass is 10.0. The zero-order valence-corrected chi connectivity index (χ0v) is 19.8. The minimum atomic E-state index is -0.648. The molecule has 1 aliphatic carbocycles. The highest BCUT2D eigenvalue weighted by Gasteiger charge is 2.26. The van der Waals surface area contributed by atoms with Crippen molar-refractivity contribution in [3.63, 3.8) is 0 Å². The maximum atomic E-state index is 13.0. The molecule has 5 N–H and O–H groups in total. The topological polar surface area (TPSA) is 103 Å². The fourth-order valence-corrected chi connectivity index (χ4v) is 3.90. The van der Waals surface area contributed by atoms with Crippen LogP contribution in [0.15, 0.2) is 54.4 Å². The highest BCUT2D eigenvalue weighted by molar-refractivity contribution is 6.30. The Labute approximate surface area is 200 Å². The number of halogens is 1. The summed E-state index contributed by atoms with van der Waals surface area (Å²) in [7, 11) is 2.06. The van der Waals surface area contributed by atoms with Crippen molar-refractivity contribution in [1.29, 1.82) is 0 Å². The Morgan fingerprint density at radius 3 is 2.52 bits per heavy atom. The van der Waals surface area contributed by atoms with Gasteiger partial charge in [0.25, 0.3) is 5.91 Å². The SMILES string of the molecule is C=C(N)NCCCC(NC(=O)C1=CC=C(c2ccc(Cl)cc2)C1)C(=O)NN1CCN(C)CC1. The van der Waals surface area contributed by atoms with Gasteiger partial charge in [-0.15, -0.1) is 0 Å². The van der Waals surface area contributed by atoms with Gasteiger partial charge in [0.2, 0.25) is 5.91 Å². The molecule has 1 aromatic carbocycles. The molecule has 1 aliphatic heterocycles. The first kappa shape index (κ1) is 24.8. The fraction of sp³-hybridized carbons (Fsp3) is 0.417. The molecule has 1 saturated heterocycles. The number of likely N-dealkylation sites (N-methyl/N-ethyl adjacent to an activating group) is 1. The summed E-state index contributed by atoms with van der Waals surface area (Å²) in [6.45, 7) is 7.45. The van der Waals surface area contributed by atoms with E-state index in [4.69, 9.17) is 17.3 Å². The maximum absolute atomic E-state index is 13.0. The summed E-state index contributed by atoms with van der Waals surface area (Å²) in [6.07, 6.45) is 5.40. The van der Waals surface area contributed by atoms with E-state index in [0.717, 1.165) is 37.3 Å². The standard InChI is InChI=1S/C24H33ClN6O2/c1-17(26)27-11-3-4-22(24(33)29-31-14-12-30(2)13-15-31)28-23(32)20-6-5-19(16-20)18-7-9-21(25)10-8-18/h5-10,22,27H,1,3-4,11-16,26H2,2H3,(H,28,32)(H,29,33). The molecule has 1 aromatic rings. The van der Waals surface area contributed by atoms with Crippen LogP contribution in [0.2, 0.25) is 5.02 Å². The number of nitrogens with two attached hydrogens (primary N) is 1. The van der Waals surface area contributed by atoms with Gasteiger partial charge in [-0.25, -0.2) is 5.01 Å². The number of rotatable bonds is 10. The van der Waals surface area contributed by atoms with Crippen molar-refractivity contribution in [3.8, 4) is 0 Å². The predicted molar refractivity (Wildman–Crippen MR) is 132 cm³/mol. The maximum Gasteiger partial charge on any atom is 0.256 e. The lowest BCUT2D eigenvalue weighted by Gasteiger charge is -2.33. The quantitative estimate of drug-likeness (QED) is 0.386. The molecule has 2 aliphatic rings.